The van der Waals surface area contributed by atoms with Crippen molar-refractivity contribution in [3.63, 3.8) is 0 Å². The van der Waals surface area contributed by atoms with E-state index in [2.05, 4.69) is 46.8 Å². The molecular formula is C12H24. The van der Waals surface area contributed by atoms with Crippen molar-refractivity contribution in [3.8, 4) is 0 Å². The van der Waals surface area contributed by atoms with Gasteiger partial charge >= 0.3 is 0 Å². The zero-order valence-electron chi connectivity index (χ0n) is 9.35. The molecule has 0 atom stereocenters. The summed E-state index contributed by atoms with van der Waals surface area (Å²) in [6.07, 6.45) is 8.41. The lowest BCUT2D eigenvalue weighted by atomic mass is 9.92. The zero-order valence-corrected chi connectivity index (χ0v) is 9.35. The van der Waals surface area contributed by atoms with Gasteiger partial charge in [0.15, 0.2) is 0 Å². The average Bonchev–Trinajstić information content (AvgIpc) is 1.83. The van der Waals surface area contributed by atoms with E-state index in [4.69, 9.17) is 0 Å². The van der Waals surface area contributed by atoms with Crippen LogP contribution in [0.5, 0.6) is 0 Å². The number of allylic oxidation sites excluding steroid dienone is 2. The van der Waals surface area contributed by atoms with E-state index >= 15 is 0 Å². The second kappa shape index (κ2) is 5.40. The van der Waals surface area contributed by atoms with Crippen LogP contribution in [0.1, 0.15) is 53.9 Å². The first-order valence-corrected chi connectivity index (χ1v) is 5.07. The maximum Gasteiger partial charge on any atom is -0.0302 e. The summed E-state index contributed by atoms with van der Waals surface area (Å²) in [6, 6.07) is 0. The van der Waals surface area contributed by atoms with Crippen molar-refractivity contribution in [1.29, 1.82) is 0 Å². The summed E-state index contributed by atoms with van der Waals surface area (Å²) < 4.78 is 0. The monoisotopic (exact) mass is 168 g/mol. The van der Waals surface area contributed by atoms with Crippen LogP contribution < -0.4 is 0 Å². The third-order valence-electron chi connectivity index (χ3n) is 1.81. The van der Waals surface area contributed by atoms with Crippen molar-refractivity contribution in [2.45, 2.75) is 53.9 Å². The minimum atomic E-state index is 0.453. The Morgan fingerprint density at radius 3 is 2.08 bits per heavy atom. The summed E-state index contributed by atoms with van der Waals surface area (Å²) in [5.41, 5.74) is 0.453. The summed E-state index contributed by atoms with van der Waals surface area (Å²) >= 11 is 0. The van der Waals surface area contributed by atoms with Gasteiger partial charge in [-0.15, -0.1) is 0 Å². The van der Waals surface area contributed by atoms with Crippen LogP contribution in [0.4, 0.5) is 0 Å². The van der Waals surface area contributed by atoms with Gasteiger partial charge < -0.3 is 0 Å². The minimum Gasteiger partial charge on any atom is -0.0885 e. The highest BCUT2D eigenvalue weighted by Gasteiger charge is 2.05. The largest absolute Gasteiger partial charge is 0.0885 e. The molecule has 0 aromatic rings. The minimum absolute atomic E-state index is 0.453. The second-order valence-corrected chi connectivity index (χ2v) is 5.21. The number of hydrogen-bond acceptors (Lipinski definition) is 0. The Balaban J connectivity index is 3.38. The van der Waals surface area contributed by atoms with Crippen LogP contribution in [-0.2, 0) is 0 Å². The van der Waals surface area contributed by atoms with Crippen molar-refractivity contribution in [2.75, 3.05) is 0 Å². The molecule has 0 saturated heterocycles. The molecule has 0 fully saturated rings. The molecule has 0 N–H and O–H groups in total. The average molecular weight is 168 g/mol. The summed E-state index contributed by atoms with van der Waals surface area (Å²) in [4.78, 5) is 0. The van der Waals surface area contributed by atoms with Gasteiger partial charge in [0.05, 0.1) is 0 Å². The first kappa shape index (κ1) is 11.7. The van der Waals surface area contributed by atoms with E-state index in [1.54, 1.807) is 0 Å². The predicted octanol–water partition coefficient (Wildman–Crippen LogP) is 4.42. The molecule has 0 radical (unpaired) electrons. The number of rotatable bonds is 4. The van der Waals surface area contributed by atoms with Crippen LogP contribution >= 0.6 is 0 Å². The lowest BCUT2D eigenvalue weighted by Crippen LogP contribution is -2.01. The molecular weight excluding hydrogens is 144 g/mol. The molecule has 72 valence electrons. The molecule has 0 saturated carbocycles. The first-order valence-electron chi connectivity index (χ1n) is 5.07. The Hall–Kier alpha value is -0.260. The molecule has 0 bridgehead atoms. The molecule has 0 amide bonds. The molecule has 0 aliphatic rings. The molecule has 0 heterocycles. The molecule has 0 rings (SSSR count). The van der Waals surface area contributed by atoms with E-state index in [9.17, 15) is 0 Å². The maximum absolute atomic E-state index is 2.32. The van der Waals surface area contributed by atoms with E-state index < -0.39 is 0 Å². The Kier molecular flexibility index (Phi) is 5.28. The fourth-order valence-electron chi connectivity index (χ4n) is 0.984. The highest BCUT2D eigenvalue weighted by molar-refractivity contribution is 4.85. The zero-order chi connectivity index (χ0) is 9.61. The lowest BCUT2D eigenvalue weighted by molar-refractivity contribution is 0.420. The highest BCUT2D eigenvalue weighted by Crippen LogP contribution is 2.19. The molecule has 0 aromatic carbocycles. The van der Waals surface area contributed by atoms with Crippen molar-refractivity contribution < 1.29 is 0 Å². The van der Waals surface area contributed by atoms with Crippen LogP contribution in [0, 0.1) is 11.3 Å². The topological polar surface area (TPSA) is 0 Å². The van der Waals surface area contributed by atoms with Gasteiger partial charge in [-0.3, -0.25) is 0 Å². The molecule has 0 heteroatoms. The van der Waals surface area contributed by atoms with Gasteiger partial charge in [-0.25, -0.2) is 0 Å². The van der Waals surface area contributed by atoms with Gasteiger partial charge in [-0.1, -0.05) is 46.8 Å². The third kappa shape index (κ3) is 9.74. The van der Waals surface area contributed by atoms with E-state index in [0.29, 0.717) is 5.41 Å². The first-order chi connectivity index (χ1) is 5.42. The van der Waals surface area contributed by atoms with Crippen LogP contribution in [-0.4, -0.2) is 0 Å². The van der Waals surface area contributed by atoms with Crippen molar-refractivity contribution in [2.24, 2.45) is 11.3 Å². The van der Waals surface area contributed by atoms with Gasteiger partial charge in [-0.2, -0.15) is 0 Å². The third-order valence-corrected chi connectivity index (χ3v) is 1.81. The smallest absolute Gasteiger partial charge is 0.0302 e. The summed E-state index contributed by atoms with van der Waals surface area (Å²) in [5.74, 6) is 0.837. The Labute approximate surface area is 78.1 Å². The van der Waals surface area contributed by atoms with Crippen molar-refractivity contribution >= 4 is 0 Å². The Morgan fingerprint density at radius 1 is 1.08 bits per heavy atom. The molecule has 12 heavy (non-hydrogen) atoms. The van der Waals surface area contributed by atoms with Gasteiger partial charge in [0.1, 0.15) is 0 Å². The molecule has 0 unspecified atom stereocenters. The van der Waals surface area contributed by atoms with Crippen LogP contribution in [0.3, 0.4) is 0 Å². The van der Waals surface area contributed by atoms with Crippen molar-refractivity contribution in [3.05, 3.63) is 12.2 Å². The Bertz CT molecular complexity index is 123. The predicted molar refractivity (Wildman–Crippen MR) is 57.3 cm³/mol. The second-order valence-electron chi connectivity index (χ2n) is 5.21. The van der Waals surface area contributed by atoms with Gasteiger partial charge in [0.25, 0.3) is 0 Å². The molecule has 0 aliphatic heterocycles. The van der Waals surface area contributed by atoms with E-state index in [-0.39, 0.29) is 0 Å². The maximum atomic E-state index is 2.32. The molecule has 0 spiro atoms. The van der Waals surface area contributed by atoms with Crippen LogP contribution in [0.15, 0.2) is 12.2 Å². The quantitative estimate of drug-likeness (QED) is 0.545. The highest BCUT2D eigenvalue weighted by atomic mass is 14.1. The SMILES string of the molecule is CC(C)CC/C=C/CC(C)(C)C. The summed E-state index contributed by atoms with van der Waals surface area (Å²) in [6.45, 7) is 11.4. The van der Waals surface area contributed by atoms with Gasteiger partial charge in [-0.05, 0) is 30.6 Å². The number of hydrogen-bond donors (Lipinski definition) is 0. The normalized spacial score (nSPS) is 13.2. The van der Waals surface area contributed by atoms with Crippen LogP contribution in [0.25, 0.3) is 0 Å². The van der Waals surface area contributed by atoms with E-state index in [0.717, 1.165) is 5.92 Å². The van der Waals surface area contributed by atoms with Gasteiger partial charge in [0.2, 0.25) is 0 Å². The summed E-state index contributed by atoms with van der Waals surface area (Å²) in [7, 11) is 0. The molecule has 0 nitrogen and oxygen atoms in total. The molecule has 0 aromatic heterocycles. The fourth-order valence-corrected chi connectivity index (χ4v) is 0.984. The lowest BCUT2D eigenvalue weighted by Gasteiger charge is -2.14. The van der Waals surface area contributed by atoms with Gasteiger partial charge in [0, 0.05) is 0 Å². The van der Waals surface area contributed by atoms with Crippen LogP contribution in [0.2, 0.25) is 0 Å². The summed E-state index contributed by atoms with van der Waals surface area (Å²) in [5, 5.41) is 0. The molecule has 0 aliphatic carbocycles. The standard InChI is InChI=1S/C12H24/c1-11(2)9-7-6-8-10-12(3,4)5/h6,8,11H,7,9-10H2,1-5H3/b8-6+. The van der Waals surface area contributed by atoms with E-state index in [1.807, 2.05) is 0 Å². The fraction of sp³-hybridized carbons (Fsp3) is 0.833. The Morgan fingerprint density at radius 2 is 1.67 bits per heavy atom. The van der Waals surface area contributed by atoms with E-state index in [1.165, 1.54) is 19.3 Å². The van der Waals surface area contributed by atoms with Crippen molar-refractivity contribution in [1.82, 2.24) is 0 Å².